The van der Waals surface area contributed by atoms with Crippen molar-refractivity contribution in [1.82, 2.24) is 0 Å². The summed E-state index contributed by atoms with van der Waals surface area (Å²) in [6, 6.07) is 0. The van der Waals surface area contributed by atoms with Crippen molar-refractivity contribution in [3.8, 4) is 0 Å². The minimum absolute atomic E-state index is 0.490. The zero-order chi connectivity index (χ0) is 8.11. The zero-order valence-electron chi connectivity index (χ0n) is 6.22. The fourth-order valence-electron chi connectivity index (χ4n) is 1.53. The standard InChI is InChI=1S/C7H11ClO2S/c8-11(9,10)7(3-4-7)5-6-1-2-6/h6H,1-5H2. The van der Waals surface area contributed by atoms with Crippen LogP contribution in [-0.4, -0.2) is 13.2 Å². The summed E-state index contributed by atoms with van der Waals surface area (Å²) in [4.78, 5) is 0. The lowest BCUT2D eigenvalue weighted by molar-refractivity contribution is 0.571. The Hall–Kier alpha value is 0.240. The molecule has 0 atom stereocenters. The lowest BCUT2D eigenvalue weighted by Gasteiger charge is -2.08. The van der Waals surface area contributed by atoms with E-state index in [9.17, 15) is 8.42 Å². The second kappa shape index (κ2) is 2.13. The third-order valence-electron chi connectivity index (χ3n) is 2.68. The highest BCUT2D eigenvalue weighted by atomic mass is 35.7. The SMILES string of the molecule is O=S(=O)(Cl)C1(CC2CC2)CC1. The van der Waals surface area contributed by atoms with Crippen LogP contribution in [0.25, 0.3) is 0 Å². The molecule has 2 saturated carbocycles. The van der Waals surface area contributed by atoms with Gasteiger partial charge in [0.1, 0.15) is 0 Å². The third kappa shape index (κ3) is 1.41. The summed E-state index contributed by atoms with van der Waals surface area (Å²) in [6.45, 7) is 0. The van der Waals surface area contributed by atoms with E-state index in [-0.39, 0.29) is 0 Å². The maximum absolute atomic E-state index is 11.0. The molecular weight excluding hydrogens is 184 g/mol. The van der Waals surface area contributed by atoms with Gasteiger partial charge in [-0.2, -0.15) is 0 Å². The Kier molecular flexibility index (Phi) is 1.53. The van der Waals surface area contributed by atoms with Crippen molar-refractivity contribution in [3.05, 3.63) is 0 Å². The van der Waals surface area contributed by atoms with Crippen LogP contribution in [-0.2, 0) is 9.05 Å². The van der Waals surface area contributed by atoms with Gasteiger partial charge in [0.25, 0.3) is 0 Å². The van der Waals surface area contributed by atoms with Gasteiger partial charge < -0.3 is 0 Å². The van der Waals surface area contributed by atoms with Gasteiger partial charge in [0, 0.05) is 10.7 Å². The first-order valence-electron chi connectivity index (χ1n) is 3.98. The van der Waals surface area contributed by atoms with E-state index in [4.69, 9.17) is 10.7 Å². The second-order valence-electron chi connectivity index (χ2n) is 3.77. The first-order valence-corrected chi connectivity index (χ1v) is 6.29. The van der Waals surface area contributed by atoms with Crippen LogP contribution in [0.5, 0.6) is 0 Å². The van der Waals surface area contributed by atoms with Crippen molar-refractivity contribution in [2.24, 2.45) is 5.92 Å². The first kappa shape index (κ1) is 7.87. The Morgan fingerprint density at radius 1 is 1.36 bits per heavy atom. The molecule has 64 valence electrons. The van der Waals surface area contributed by atoms with E-state index in [0.29, 0.717) is 5.92 Å². The second-order valence-corrected chi connectivity index (χ2v) is 6.73. The van der Waals surface area contributed by atoms with Crippen molar-refractivity contribution in [2.45, 2.75) is 36.9 Å². The van der Waals surface area contributed by atoms with Crippen LogP contribution in [0.3, 0.4) is 0 Å². The molecule has 2 aliphatic rings. The van der Waals surface area contributed by atoms with Crippen LogP contribution in [0, 0.1) is 5.92 Å². The van der Waals surface area contributed by atoms with Gasteiger partial charge in [-0.1, -0.05) is 12.8 Å². The maximum atomic E-state index is 11.0. The third-order valence-corrected chi connectivity index (χ3v) is 5.27. The van der Waals surface area contributed by atoms with Crippen LogP contribution in [0.4, 0.5) is 0 Å². The quantitative estimate of drug-likeness (QED) is 0.643. The molecule has 0 amide bonds. The van der Waals surface area contributed by atoms with Gasteiger partial charge in [0.05, 0.1) is 4.75 Å². The van der Waals surface area contributed by atoms with E-state index in [1.165, 1.54) is 12.8 Å². The number of halogens is 1. The average molecular weight is 195 g/mol. The topological polar surface area (TPSA) is 34.1 Å². The van der Waals surface area contributed by atoms with E-state index >= 15 is 0 Å². The van der Waals surface area contributed by atoms with Crippen molar-refractivity contribution in [3.63, 3.8) is 0 Å². The molecule has 0 N–H and O–H groups in total. The highest BCUT2D eigenvalue weighted by Crippen LogP contribution is 2.54. The molecule has 0 aliphatic heterocycles. The summed E-state index contributed by atoms with van der Waals surface area (Å²) in [7, 11) is 2.06. The molecule has 0 aromatic heterocycles. The Labute approximate surface area is 71.3 Å². The molecule has 2 nitrogen and oxygen atoms in total. The predicted molar refractivity (Wildman–Crippen MR) is 44.1 cm³/mol. The molecule has 2 rings (SSSR count). The smallest absolute Gasteiger partial charge is 0.212 e. The van der Waals surface area contributed by atoms with Gasteiger partial charge in [-0.15, -0.1) is 0 Å². The molecule has 4 heteroatoms. The summed E-state index contributed by atoms with van der Waals surface area (Å²) >= 11 is 0. The molecule has 0 saturated heterocycles. The normalized spacial score (nSPS) is 28.5. The fraction of sp³-hybridized carbons (Fsp3) is 1.00. The van der Waals surface area contributed by atoms with Gasteiger partial charge in [-0.3, -0.25) is 0 Å². The van der Waals surface area contributed by atoms with Gasteiger partial charge in [0.2, 0.25) is 9.05 Å². The fourth-order valence-corrected chi connectivity index (χ4v) is 3.21. The first-order chi connectivity index (χ1) is 5.04. The molecule has 0 radical (unpaired) electrons. The van der Waals surface area contributed by atoms with Gasteiger partial charge in [0.15, 0.2) is 0 Å². The van der Waals surface area contributed by atoms with Crippen LogP contribution in [0.1, 0.15) is 32.1 Å². The zero-order valence-corrected chi connectivity index (χ0v) is 7.79. The maximum Gasteiger partial charge on any atom is 0.238 e. The van der Waals surface area contributed by atoms with Crippen LogP contribution < -0.4 is 0 Å². The summed E-state index contributed by atoms with van der Waals surface area (Å²) in [5, 5.41) is 0. The minimum Gasteiger partial charge on any atom is -0.212 e. The van der Waals surface area contributed by atoms with Gasteiger partial charge in [-0.05, 0) is 25.2 Å². The molecule has 0 heterocycles. The molecule has 0 unspecified atom stereocenters. The highest BCUT2D eigenvalue weighted by molar-refractivity contribution is 8.15. The summed E-state index contributed by atoms with van der Waals surface area (Å²) in [5.41, 5.74) is 0. The minimum atomic E-state index is -3.27. The van der Waals surface area contributed by atoms with Crippen molar-refractivity contribution in [1.29, 1.82) is 0 Å². The monoisotopic (exact) mass is 194 g/mol. The van der Waals surface area contributed by atoms with Crippen molar-refractivity contribution < 1.29 is 8.42 Å². The molecule has 11 heavy (non-hydrogen) atoms. The Balaban J connectivity index is 2.09. The van der Waals surface area contributed by atoms with E-state index in [1.807, 2.05) is 0 Å². The molecule has 0 spiro atoms. The molecule has 2 aliphatic carbocycles. The molecular formula is C7H11ClO2S. The van der Waals surface area contributed by atoms with Crippen LogP contribution in [0.15, 0.2) is 0 Å². The average Bonchev–Trinajstić information content (AvgIpc) is 2.60. The Bertz CT molecular complexity index is 262. The van der Waals surface area contributed by atoms with E-state index in [2.05, 4.69) is 0 Å². The molecule has 0 aromatic rings. The van der Waals surface area contributed by atoms with Crippen molar-refractivity contribution >= 4 is 19.7 Å². The van der Waals surface area contributed by atoms with E-state index in [0.717, 1.165) is 19.3 Å². The van der Waals surface area contributed by atoms with Gasteiger partial charge in [-0.25, -0.2) is 8.42 Å². The Morgan fingerprint density at radius 3 is 2.18 bits per heavy atom. The number of hydrogen-bond donors (Lipinski definition) is 0. The van der Waals surface area contributed by atoms with Gasteiger partial charge >= 0.3 is 0 Å². The number of rotatable bonds is 3. The number of hydrogen-bond acceptors (Lipinski definition) is 2. The summed E-state index contributed by atoms with van der Waals surface area (Å²) in [5.74, 6) is 0.658. The molecule has 2 fully saturated rings. The largest absolute Gasteiger partial charge is 0.238 e. The van der Waals surface area contributed by atoms with Crippen LogP contribution in [0.2, 0.25) is 0 Å². The molecule has 0 aromatic carbocycles. The molecule has 0 bridgehead atoms. The predicted octanol–water partition coefficient (Wildman–Crippen LogP) is 1.89. The lowest BCUT2D eigenvalue weighted by Crippen LogP contribution is -2.18. The lowest BCUT2D eigenvalue weighted by atomic mass is 10.2. The highest BCUT2D eigenvalue weighted by Gasteiger charge is 2.55. The van der Waals surface area contributed by atoms with E-state index in [1.54, 1.807) is 0 Å². The Morgan fingerprint density at radius 2 is 1.91 bits per heavy atom. The van der Waals surface area contributed by atoms with Crippen molar-refractivity contribution in [2.75, 3.05) is 0 Å². The summed E-state index contributed by atoms with van der Waals surface area (Å²) < 4.78 is 21.6. The van der Waals surface area contributed by atoms with Crippen LogP contribution >= 0.6 is 10.7 Å². The van der Waals surface area contributed by atoms with E-state index < -0.39 is 13.8 Å². The summed E-state index contributed by atoms with van der Waals surface area (Å²) in [6.07, 6.45) is 4.80.